The molecule has 0 aliphatic rings. The highest BCUT2D eigenvalue weighted by molar-refractivity contribution is 5.86. The predicted molar refractivity (Wildman–Crippen MR) is 216 cm³/mol. The summed E-state index contributed by atoms with van der Waals surface area (Å²) >= 11 is 0. The molecule has 58 heavy (non-hydrogen) atoms. The van der Waals surface area contributed by atoms with E-state index < -0.39 is 5.60 Å². The van der Waals surface area contributed by atoms with Crippen LogP contribution in [-0.2, 0) is 5.60 Å². The van der Waals surface area contributed by atoms with E-state index in [4.69, 9.17) is 29.1 Å². The zero-order chi connectivity index (χ0) is 40.9. The van der Waals surface area contributed by atoms with Crippen LogP contribution in [0.15, 0.2) is 90.0 Å². The number of rotatable bonds is 8. The Hall–Kier alpha value is -7.20. The highest BCUT2D eigenvalue weighted by Crippen LogP contribution is 2.38. The fourth-order valence-electron chi connectivity index (χ4n) is 6.89. The summed E-state index contributed by atoms with van der Waals surface area (Å²) in [6, 6.07) is 19.4. The minimum Gasteiger partial charge on any atom is -0.496 e. The van der Waals surface area contributed by atoms with Crippen molar-refractivity contribution in [1.29, 1.82) is 0 Å². The lowest BCUT2D eigenvalue weighted by Gasteiger charge is -2.18. The highest BCUT2D eigenvalue weighted by atomic mass is 16.5. The molecule has 0 aliphatic heterocycles. The molecule has 7 heterocycles. The molecule has 0 saturated heterocycles. The van der Waals surface area contributed by atoms with Gasteiger partial charge in [0.1, 0.15) is 22.8 Å². The lowest BCUT2D eigenvalue weighted by atomic mass is 10.0. The Morgan fingerprint density at radius 3 is 1.62 bits per heavy atom. The van der Waals surface area contributed by atoms with Gasteiger partial charge in [-0.05, 0) is 97.0 Å². The summed E-state index contributed by atoms with van der Waals surface area (Å²) in [6.07, 6.45) is 7.25. The van der Waals surface area contributed by atoms with E-state index in [0.29, 0.717) is 45.9 Å². The van der Waals surface area contributed by atoms with Crippen LogP contribution in [0.3, 0.4) is 0 Å². The van der Waals surface area contributed by atoms with E-state index in [2.05, 4.69) is 25.4 Å². The number of hydrogen-bond donors (Lipinski definition) is 1. The number of fused-ring (bicyclic) bond motifs is 2. The van der Waals surface area contributed by atoms with E-state index >= 15 is 0 Å². The molecule has 0 bridgehead atoms. The second-order valence-electron chi connectivity index (χ2n) is 14.3. The number of aliphatic hydroxyl groups is 1. The second kappa shape index (κ2) is 14.7. The standard InChI is InChI=1S/C21H19N7O2.C21H23N5O2/c1-12-10-17(21-23-14(3)26-30-21)24-20-19(13(2)25-28(12)20)16-7-6-15(11-18(16)29-4)27-9-5-8-22-27;1-13-11-18(21(3,4)27)23-20-19(14(2)24-26(13)20)16-8-7-15(12-17(16)28-5)25-10-6-9-22-25/h5-11H,1-4H3;6-12,27H,1-5H3. The van der Waals surface area contributed by atoms with Gasteiger partial charge in [-0.15, -0.1) is 0 Å². The maximum absolute atomic E-state index is 10.5. The lowest BCUT2D eigenvalue weighted by molar-refractivity contribution is 0.0739. The first-order chi connectivity index (χ1) is 27.8. The molecule has 0 atom stereocenters. The zero-order valence-electron chi connectivity index (χ0n) is 33.6. The third-order valence-corrected chi connectivity index (χ3v) is 9.70. The van der Waals surface area contributed by atoms with Crippen molar-refractivity contribution in [3.05, 3.63) is 120 Å². The molecule has 9 rings (SSSR count). The number of nitrogens with zero attached hydrogens (tertiary/aromatic N) is 12. The van der Waals surface area contributed by atoms with Crippen LogP contribution < -0.4 is 9.47 Å². The van der Waals surface area contributed by atoms with Gasteiger partial charge in [0.15, 0.2) is 17.1 Å². The SMILES string of the molecule is COc1cc(-n2cccn2)ccc1-c1c(C)nn2c(C)cc(-c3nc(C)no3)nc12.COc1cc(-n2cccn2)ccc1-c1c(C)nn2c(C)cc(C(C)(C)O)nc12. The molecule has 7 aromatic heterocycles. The Morgan fingerprint density at radius 1 is 0.655 bits per heavy atom. The molecule has 0 saturated carbocycles. The molecule has 1 N–H and O–H groups in total. The van der Waals surface area contributed by atoms with Crippen LogP contribution >= 0.6 is 0 Å². The summed E-state index contributed by atoms with van der Waals surface area (Å²) in [5, 5.41) is 32.2. The molecule has 294 valence electrons. The van der Waals surface area contributed by atoms with Crippen LogP contribution in [0.25, 0.3) is 56.5 Å². The number of aryl methyl sites for hydroxylation is 5. The number of ether oxygens (including phenoxy) is 2. The number of benzene rings is 2. The van der Waals surface area contributed by atoms with E-state index in [1.165, 1.54) is 0 Å². The van der Waals surface area contributed by atoms with E-state index in [1.807, 2.05) is 105 Å². The van der Waals surface area contributed by atoms with Gasteiger partial charge in [-0.2, -0.15) is 25.4 Å². The molecule has 0 unspecified atom stereocenters. The molecule has 2 aromatic carbocycles. The van der Waals surface area contributed by atoms with Gasteiger partial charge >= 0.3 is 0 Å². The maximum Gasteiger partial charge on any atom is 0.276 e. The predicted octanol–water partition coefficient (Wildman–Crippen LogP) is 7.00. The van der Waals surface area contributed by atoms with Gasteiger partial charge in [0, 0.05) is 59.4 Å². The van der Waals surface area contributed by atoms with Crippen LogP contribution in [-0.4, -0.2) is 78.2 Å². The Balaban J connectivity index is 0.000000162. The molecule has 0 spiro atoms. The van der Waals surface area contributed by atoms with Crippen LogP contribution in [0.4, 0.5) is 0 Å². The van der Waals surface area contributed by atoms with Crippen molar-refractivity contribution in [2.75, 3.05) is 14.2 Å². The monoisotopic (exact) mass is 778 g/mol. The van der Waals surface area contributed by atoms with E-state index in [0.717, 1.165) is 56.4 Å². The molecule has 0 amide bonds. The van der Waals surface area contributed by atoms with Gasteiger partial charge < -0.3 is 19.1 Å². The van der Waals surface area contributed by atoms with Crippen molar-refractivity contribution in [2.45, 2.75) is 54.1 Å². The summed E-state index contributed by atoms with van der Waals surface area (Å²) in [7, 11) is 3.30. The van der Waals surface area contributed by atoms with Gasteiger partial charge in [0.05, 0.1) is 53.8 Å². The molecule has 0 radical (unpaired) electrons. The van der Waals surface area contributed by atoms with Crippen molar-refractivity contribution in [3.8, 4) is 56.7 Å². The molecular weight excluding hydrogens is 737 g/mol. The van der Waals surface area contributed by atoms with Crippen LogP contribution in [0.1, 0.15) is 48.1 Å². The van der Waals surface area contributed by atoms with Gasteiger partial charge in [0.25, 0.3) is 5.89 Å². The number of methoxy groups -OCH3 is 2. The summed E-state index contributed by atoms with van der Waals surface area (Å²) < 4.78 is 23.9. The Bertz CT molecular complexity index is 2920. The molecule has 0 fully saturated rings. The third kappa shape index (κ3) is 6.83. The van der Waals surface area contributed by atoms with Crippen molar-refractivity contribution >= 4 is 11.3 Å². The minimum atomic E-state index is -1.05. The topological polar surface area (TPSA) is 174 Å². The summed E-state index contributed by atoms with van der Waals surface area (Å²) in [5.74, 6) is 2.35. The molecular formula is C42H42N12O4. The smallest absolute Gasteiger partial charge is 0.276 e. The second-order valence-corrected chi connectivity index (χ2v) is 14.3. The van der Waals surface area contributed by atoms with Gasteiger partial charge in [-0.1, -0.05) is 5.16 Å². The summed E-state index contributed by atoms with van der Waals surface area (Å²) in [5.41, 5.74) is 10.4. The largest absolute Gasteiger partial charge is 0.496 e. The fourth-order valence-corrected chi connectivity index (χ4v) is 6.89. The van der Waals surface area contributed by atoms with E-state index in [1.54, 1.807) is 61.3 Å². The van der Waals surface area contributed by atoms with Gasteiger partial charge in [0.2, 0.25) is 0 Å². The summed E-state index contributed by atoms with van der Waals surface area (Å²) in [6.45, 7) is 13.1. The zero-order valence-corrected chi connectivity index (χ0v) is 33.6. The normalized spacial score (nSPS) is 11.6. The van der Waals surface area contributed by atoms with Crippen LogP contribution in [0.2, 0.25) is 0 Å². The quantitative estimate of drug-likeness (QED) is 0.168. The van der Waals surface area contributed by atoms with Crippen molar-refractivity contribution in [2.24, 2.45) is 0 Å². The third-order valence-electron chi connectivity index (χ3n) is 9.70. The first kappa shape index (κ1) is 37.7. The van der Waals surface area contributed by atoms with E-state index in [9.17, 15) is 5.11 Å². The average Bonchev–Trinajstić information content (AvgIpc) is 4.06. The Labute approximate surface area is 333 Å². The Kier molecular flexibility index (Phi) is 9.56. The Morgan fingerprint density at radius 2 is 1.17 bits per heavy atom. The van der Waals surface area contributed by atoms with Crippen molar-refractivity contribution in [3.63, 3.8) is 0 Å². The summed E-state index contributed by atoms with van der Waals surface area (Å²) in [4.78, 5) is 13.8. The molecule has 9 aromatic rings. The van der Waals surface area contributed by atoms with Crippen molar-refractivity contribution in [1.82, 2.24) is 58.9 Å². The molecule has 16 nitrogen and oxygen atoms in total. The first-order valence-corrected chi connectivity index (χ1v) is 18.5. The minimum absolute atomic E-state index is 0.379. The average molecular weight is 779 g/mol. The van der Waals surface area contributed by atoms with E-state index in [-0.39, 0.29) is 0 Å². The van der Waals surface area contributed by atoms with Crippen LogP contribution in [0, 0.1) is 34.6 Å². The molecule has 0 aliphatic carbocycles. The fraction of sp³-hybridized carbons (Fsp3) is 0.238. The number of hydrogen-bond acceptors (Lipinski definition) is 12. The lowest BCUT2D eigenvalue weighted by Crippen LogP contribution is -2.18. The van der Waals surface area contributed by atoms with Gasteiger partial charge in [-0.25, -0.2) is 28.4 Å². The maximum atomic E-state index is 10.5. The van der Waals surface area contributed by atoms with Crippen LogP contribution in [0.5, 0.6) is 11.5 Å². The van der Waals surface area contributed by atoms with Gasteiger partial charge in [-0.3, -0.25) is 0 Å². The van der Waals surface area contributed by atoms with Crippen molar-refractivity contribution < 1.29 is 19.1 Å². The first-order valence-electron chi connectivity index (χ1n) is 18.5. The highest BCUT2D eigenvalue weighted by Gasteiger charge is 2.25. The number of aromatic nitrogens is 12. The molecule has 16 heteroatoms.